The van der Waals surface area contributed by atoms with Gasteiger partial charge in [-0.1, -0.05) is 6.07 Å². The van der Waals surface area contributed by atoms with Gasteiger partial charge in [-0.15, -0.1) is 0 Å². The first-order chi connectivity index (χ1) is 13.0. The predicted molar refractivity (Wildman–Crippen MR) is 93.7 cm³/mol. The molecule has 1 fully saturated rings. The number of aromatic nitrogens is 4. The third-order valence-electron chi connectivity index (χ3n) is 4.41. The highest BCUT2D eigenvalue weighted by atomic mass is 19.1. The van der Waals surface area contributed by atoms with E-state index in [1.54, 1.807) is 11.6 Å². The number of para-hydroxylation sites is 1. The van der Waals surface area contributed by atoms with Gasteiger partial charge in [-0.3, -0.25) is 4.57 Å². The average molecular weight is 378 g/mol. The summed E-state index contributed by atoms with van der Waals surface area (Å²) < 4.78 is 48.3. The van der Waals surface area contributed by atoms with Crippen LogP contribution in [0.25, 0.3) is 11.2 Å². The monoisotopic (exact) mass is 378 g/mol. The molecule has 10 heteroatoms. The maximum Gasteiger partial charge on any atom is 0.225 e. The van der Waals surface area contributed by atoms with Crippen molar-refractivity contribution in [2.45, 2.75) is 18.6 Å². The molecule has 1 aliphatic rings. The van der Waals surface area contributed by atoms with E-state index >= 15 is 0 Å². The topological polar surface area (TPSA) is 76.9 Å². The molecule has 2 aromatic heterocycles. The summed E-state index contributed by atoms with van der Waals surface area (Å²) in [4.78, 5) is 12.8. The predicted octanol–water partition coefficient (Wildman–Crippen LogP) is 2.92. The molecule has 7 nitrogen and oxygen atoms in total. The summed E-state index contributed by atoms with van der Waals surface area (Å²) in [6.07, 6.45) is 0.832. The molecule has 0 amide bonds. The summed E-state index contributed by atoms with van der Waals surface area (Å²) in [5, 5.41) is 5.61. The van der Waals surface area contributed by atoms with Crippen molar-refractivity contribution in [3.05, 3.63) is 36.0 Å². The van der Waals surface area contributed by atoms with Gasteiger partial charge in [0.1, 0.15) is 29.0 Å². The summed E-state index contributed by atoms with van der Waals surface area (Å²) >= 11 is 0. The minimum atomic E-state index is -1.15. The maximum absolute atomic E-state index is 13.9. The molecule has 0 bridgehead atoms. The molecule has 1 aliphatic heterocycles. The minimum absolute atomic E-state index is 0.0356. The van der Waals surface area contributed by atoms with Crippen molar-refractivity contribution in [2.75, 3.05) is 23.8 Å². The third-order valence-corrected chi connectivity index (χ3v) is 4.41. The second kappa shape index (κ2) is 7.03. The van der Waals surface area contributed by atoms with E-state index < -0.39 is 23.8 Å². The largest absolute Gasteiger partial charge is 0.378 e. The van der Waals surface area contributed by atoms with Crippen molar-refractivity contribution in [2.24, 2.45) is 7.05 Å². The molecule has 0 unspecified atom stereocenters. The first-order valence-corrected chi connectivity index (χ1v) is 8.42. The normalized spacial score (nSPS) is 20.0. The molecular weight excluding hydrogens is 361 g/mol. The first kappa shape index (κ1) is 17.5. The van der Waals surface area contributed by atoms with Gasteiger partial charge in [0, 0.05) is 13.7 Å². The Kier molecular flexibility index (Phi) is 4.56. The van der Waals surface area contributed by atoms with E-state index in [0.717, 1.165) is 12.1 Å². The van der Waals surface area contributed by atoms with Crippen molar-refractivity contribution in [1.29, 1.82) is 0 Å². The van der Waals surface area contributed by atoms with Crippen LogP contribution in [0.2, 0.25) is 0 Å². The Labute approximate surface area is 152 Å². The molecule has 2 N–H and O–H groups in total. The summed E-state index contributed by atoms with van der Waals surface area (Å²) in [5.41, 5.74) is 0.574. The first-order valence-electron chi connectivity index (χ1n) is 8.42. The van der Waals surface area contributed by atoms with Gasteiger partial charge >= 0.3 is 0 Å². The number of hydrogen-bond acceptors (Lipinski definition) is 6. The van der Waals surface area contributed by atoms with E-state index in [1.807, 2.05) is 0 Å². The molecule has 142 valence electrons. The van der Waals surface area contributed by atoms with Gasteiger partial charge in [-0.2, -0.15) is 4.98 Å². The SMILES string of the molecule is Cn1c(Nc2c(F)cccc2F)nc2cnc(N[C@@H]3CCOC[C@H]3F)nc21. The molecule has 0 spiro atoms. The number of aryl methyl sites for hydroxylation is 1. The number of anilines is 3. The third kappa shape index (κ3) is 3.39. The second-order valence-electron chi connectivity index (χ2n) is 6.25. The molecule has 3 aromatic rings. The van der Waals surface area contributed by atoms with Gasteiger partial charge < -0.3 is 15.4 Å². The van der Waals surface area contributed by atoms with Gasteiger partial charge in [0.15, 0.2) is 5.65 Å². The lowest BCUT2D eigenvalue weighted by atomic mass is 10.1. The van der Waals surface area contributed by atoms with Gasteiger partial charge in [0.25, 0.3) is 0 Å². The van der Waals surface area contributed by atoms with Crippen LogP contribution in [0.15, 0.2) is 24.4 Å². The molecule has 2 atom stereocenters. The molecule has 3 heterocycles. The van der Waals surface area contributed by atoms with Gasteiger partial charge in [0.2, 0.25) is 11.9 Å². The highest BCUT2D eigenvalue weighted by molar-refractivity contribution is 5.76. The van der Waals surface area contributed by atoms with Crippen LogP contribution in [-0.4, -0.2) is 44.9 Å². The molecule has 4 rings (SSSR count). The van der Waals surface area contributed by atoms with E-state index in [2.05, 4.69) is 25.6 Å². The number of halogens is 3. The van der Waals surface area contributed by atoms with Crippen molar-refractivity contribution in [3.8, 4) is 0 Å². The molecule has 1 saturated heterocycles. The van der Waals surface area contributed by atoms with Crippen LogP contribution < -0.4 is 10.6 Å². The molecule has 0 saturated carbocycles. The van der Waals surface area contributed by atoms with Crippen molar-refractivity contribution in [1.82, 2.24) is 19.5 Å². The zero-order chi connectivity index (χ0) is 19.0. The number of rotatable bonds is 4. The number of imidazole rings is 1. The molecular formula is C17H17F3N6O. The van der Waals surface area contributed by atoms with Crippen LogP contribution >= 0.6 is 0 Å². The summed E-state index contributed by atoms with van der Waals surface area (Å²) in [7, 11) is 1.65. The molecule has 0 radical (unpaired) electrons. The number of benzene rings is 1. The van der Waals surface area contributed by atoms with E-state index in [0.29, 0.717) is 24.2 Å². The smallest absolute Gasteiger partial charge is 0.225 e. The summed E-state index contributed by atoms with van der Waals surface area (Å²) in [5.74, 6) is -1.01. The lowest BCUT2D eigenvalue weighted by Crippen LogP contribution is -2.39. The van der Waals surface area contributed by atoms with E-state index in [9.17, 15) is 13.2 Å². The van der Waals surface area contributed by atoms with Crippen molar-refractivity contribution in [3.63, 3.8) is 0 Å². The second-order valence-corrected chi connectivity index (χ2v) is 6.25. The number of nitrogens with zero attached hydrogens (tertiary/aromatic N) is 4. The van der Waals surface area contributed by atoms with Gasteiger partial charge in [-0.05, 0) is 18.6 Å². The van der Waals surface area contributed by atoms with E-state index in [4.69, 9.17) is 4.74 Å². The van der Waals surface area contributed by atoms with Gasteiger partial charge in [0.05, 0.1) is 18.8 Å². The van der Waals surface area contributed by atoms with E-state index in [1.165, 1.54) is 12.3 Å². The number of nitrogens with one attached hydrogen (secondary N) is 2. The fraction of sp³-hybridized carbons (Fsp3) is 0.353. The minimum Gasteiger partial charge on any atom is -0.378 e. The summed E-state index contributed by atoms with van der Waals surface area (Å²) in [6.45, 7) is 0.502. The lowest BCUT2D eigenvalue weighted by molar-refractivity contribution is 0.0284. The molecule has 0 aliphatic carbocycles. The lowest BCUT2D eigenvalue weighted by Gasteiger charge is -2.26. The Bertz CT molecular complexity index is 958. The number of fused-ring (bicyclic) bond motifs is 1. The Morgan fingerprint density at radius 2 is 2.00 bits per heavy atom. The van der Waals surface area contributed by atoms with E-state index in [-0.39, 0.29) is 24.2 Å². The molecule has 27 heavy (non-hydrogen) atoms. The van der Waals surface area contributed by atoms with Crippen molar-refractivity contribution < 1.29 is 17.9 Å². The number of ether oxygens (including phenoxy) is 1. The van der Waals surface area contributed by atoms with Crippen LogP contribution in [0.4, 0.5) is 30.8 Å². The summed E-state index contributed by atoms with van der Waals surface area (Å²) in [6, 6.07) is 3.14. The van der Waals surface area contributed by atoms with Gasteiger partial charge in [-0.25, -0.2) is 23.1 Å². The standard InChI is InChI=1S/C17H17F3N6O/c1-26-15-13(23-17(26)24-14-9(18)3-2-4-10(14)19)7-21-16(25-15)22-12-5-6-27-8-11(12)20/h2-4,7,11-12H,5-6,8H2,1H3,(H,23,24)(H,21,22,25)/t11-,12-/m1/s1. The Morgan fingerprint density at radius 1 is 1.22 bits per heavy atom. The Morgan fingerprint density at radius 3 is 2.74 bits per heavy atom. The van der Waals surface area contributed by atoms with Crippen LogP contribution in [0.3, 0.4) is 0 Å². The molecule has 1 aromatic carbocycles. The fourth-order valence-electron chi connectivity index (χ4n) is 2.92. The number of hydrogen-bond donors (Lipinski definition) is 2. The quantitative estimate of drug-likeness (QED) is 0.727. The van der Waals surface area contributed by atoms with Crippen LogP contribution in [0.1, 0.15) is 6.42 Å². The highest BCUT2D eigenvalue weighted by Crippen LogP contribution is 2.25. The zero-order valence-electron chi connectivity index (χ0n) is 14.4. The fourth-order valence-corrected chi connectivity index (χ4v) is 2.92. The number of alkyl halides is 1. The highest BCUT2D eigenvalue weighted by Gasteiger charge is 2.26. The Hall–Kier alpha value is -2.88. The maximum atomic E-state index is 13.9. The van der Waals surface area contributed by atoms with Crippen molar-refractivity contribution >= 4 is 28.7 Å². The zero-order valence-corrected chi connectivity index (χ0v) is 14.4. The average Bonchev–Trinajstić information content (AvgIpc) is 2.96. The van der Waals surface area contributed by atoms with Crippen LogP contribution in [0.5, 0.6) is 0 Å². The van der Waals surface area contributed by atoms with Crippen LogP contribution in [-0.2, 0) is 11.8 Å². The van der Waals surface area contributed by atoms with Crippen LogP contribution in [0, 0.1) is 11.6 Å². The Balaban J connectivity index is 1.62.